The van der Waals surface area contributed by atoms with E-state index in [-0.39, 0.29) is 12.2 Å². The van der Waals surface area contributed by atoms with Crippen molar-refractivity contribution in [2.24, 2.45) is 0 Å². The van der Waals surface area contributed by atoms with Crippen LogP contribution in [0.2, 0.25) is 0 Å². The van der Waals surface area contributed by atoms with E-state index in [4.69, 9.17) is 9.84 Å². The van der Waals surface area contributed by atoms with E-state index in [1.54, 1.807) is 18.2 Å². The van der Waals surface area contributed by atoms with Gasteiger partial charge in [-0.1, -0.05) is 43.0 Å². The van der Waals surface area contributed by atoms with Crippen LogP contribution < -0.4 is 5.32 Å². The van der Waals surface area contributed by atoms with Gasteiger partial charge in [-0.15, -0.1) is 0 Å². The van der Waals surface area contributed by atoms with Gasteiger partial charge in [-0.25, -0.2) is 9.59 Å². The lowest BCUT2D eigenvalue weighted by Gasteiger charge is -2.08. The number of alkyl carbamates (subject to hydrolysis) is 1. The van der Waals surface area contributed by atoms with E-state index in [9.17, 15) is 9.59 Å². The van der Waals surface area contributed by atoms with E-state index in [2.05, 4.69) is 11.9 Å². The van der Waals surface area contributed by atoms with Crippen molar-refractivity contribution in [2.75, 3.05) is 6.61 Å². The van der Waals surface area contributed by atoms with Crippen molar-refractivity contribution in [1.82, 2.24) is 5.32 Å². The molecule has 0 bridgehead atoms. The van der Waals surface area contributed by atoms with Crippen LogP contribution in [-0.2, 0) is 11.3 Å². The Hall–Kier alpha value is -3.08. The summed E-state index contributed by atoms with van der Waals surface area (Å²) in [6.45, 7) is 3.95. The van der Waals surface area contributed by atoms with Gasteiger partial charge in [-0.3, -0.25) is 0 Å². The Labute approximate surface area is 134 Å². The van der Waals surface area contributed by atoms with Crippen LogP contribution in [0.5, 0.6) is 0 Å². The van der Waals surface area contributed by atoms with Crippen LogP contribution in [0.4, 0.5) is 4.79 Å². The summed E-state index contributed by atoms with van der Waals surface area (Å²) in [5.41, 5.74) is 2.81. The maximum atomic E-state index is 11.4. The summed E-state index contributed by atoms with van der Waals surface area (Å²) >= 11 is 0. The first-order chi connectivity index (χ1) is 11.1. The topological polar surface area (TPSA) is 75.6 Å². The predicted molar refractivity (Wildman–Crippen MR) is 87.2 cm³/mol. The zero-order valence-electron chi connectivity index (χ0n) is 12.5. The summed E-state index contributed by atoms with van der Waals surface area (Å²) in [6.07, 6.45) is 0.985. The fourth-order valence-electron chi connectivity index (χ4n) is 2.05. The van der Waals surface area contributed by atoms with Crippen LogP contribution in [0.15, 0.2) is 61.2 Å². The summed E-state index contributed by atoms with van der Waals surface area (Å²) in [7, 11) is 0. The van der Waals surface area contributed by atoms with Crippen molar-refractivity contribution in [3.05, 3.63) is 72.3 Å². The molecule has 0 aliphatic rings. The number of rotatable bonds is 6. The Kier molecular flexibility index (Phi) is 5.52. The molecule has 0 aromatic heterocycles. The van der Waals surface area contributed by atoms with Crippen LogP contribution in [-0.4, -0.2) is 23.8 Å². The maximum Gasteiger partial charge on any atom is 0.407 e. The second kappa shape index (κ2) is 7.79. The van der Waals surface area contributed by atoms with Crippen molar-refractivity contribution in [1.29, 1.82) is 0 Å². The summed E-state index contributed by atoms with van der Waals surface area (Å²) in [6, 6.07) is 14.2. The highest BCUT2D eigenvalue weighted by Gasteiger charge is 2.06. The molecule has 2 N–H and O–H groups in total. The molecule has 0 saturated carbocycles. The number of carbonyl (C=O) groups excluding carboxylic acids is 1. The SMILES string of the molecule is C=CCOC(=O)NCc1cccc(-c2cccc(C(=O)O)c2)c1. The molecule has 23 heavy (non-hydrogen) atoms. The van der Waals surface area contributed by atoms with E-state index in [1.165, 1.54) is 6.08 Å². The number of hydrogen-bond acceptors (Lipinski definition) is 3. The molecule has 0 fully saturated rings. The summed E-state index contributed by atoms with van der Waals surface area (Å²) in [5.74, 6) is -0.963. The molecule has 0 radical (unpaired) electrons. The summed E-state index contributed by atoms with van der Waals surface area (Å²) in [5, 5.41) is 11.7. The molecule has 0 aliphatic heterocycles. The quantitative estimate of drug-likeness (QED) is 0.801. The van der Waals surface area contributed by atoms with Gasteiger partial charge in [0.15, 0.2) is 0 Å². The second-order valence-electron chi connectivity index (χ2n) is 4.83. The lowest BCUT2D eigenvalue weighted by molar-refractivity contribution is 0.0697. The van der Waals surface area contributed by atoms with Crippen molar-refractivity contribution < 1.29 is 19.4 Å². The van der Waals surface area contributed by atoms with Crippen molar-refractivity contribution in [2.45, 2.75) is 6.54 Å². The first-order valence-corrected chi connectivity index (χ1v) is 7.04. The molecule has 0 atom stereocenters. The van der Waals surface area contributed by atoms with Gasteiger partial charge in [0.05, 0.1) is 5.56 Å². The Balaban J connectivity index is 2.10. The van der Waals surface area contributed by atoms with Crippen LogP contribution in [0.1, 0.15) is 15.9 Å². The number of hydrogen-bond donors (Lipinski definition) is 2. The number of carboxylic acid groups (broad SMARTS) is 1. The van der Waals surface area contributed by atoms with Gasteiger partial charge in [0.2, 0.25) is 0 Å². The molecule has 5 nitrogen and oxygen atoms in total. The molecular formula is C18H17NO4. The number of ether oxygens (including phenoxy) is 1. The normalized spacial score (nSPS) is 9.91. The van der Waals surface area contributed by atoms with Crippen molar-refractivity contribution >= 4 is 12.1 Å². The van der Waals surface area contributed by atoms with Crippen LogP contribution in [0, 0.1) is 0 Å². The fraction of sp³-hybridized carbons (Fsp3) is 0.111. The number of carbonyl (C=O) groups is 2. The molecule has 0 heterocycles. The molecule has 2 aromatic rings. The molecule has 0 unspecified atom stereocenters. The molecule has 5 heteroatoms. The molecule has 118 valence electrons. The van der Waals surface area contributed by atoms with Crippen molar-refractivity contribution in [3.63, 3.8) is 0 Å². The minimum atomic E-state index is -0.963. The molecule has 1 amide bonds. The lowest BCUT2D eigenvalue weighted by Crippen LogP contribution is -2.23. The molecule has 2 rings (SSSR count). The third kappa shape index (κ3) is 4.71. The van der Waals surface area contributed by atoms with Gasteiger partial charge in [0.25, 0.3) is 0 Å². The minimum absolute atomic E-state index is 0.161. The third-order valence-electron chi connectivity index (χ3n) is 3.14. The minimum Gasteiger partial charge on any atom is -0.478 e. The van der Waals surface area contributed by atoms with E-state index in [0.717, 1.165) is 16.7 Å². The highest BCUT2D eigenvalue weighted by Crippen LogP contribution is 2.21. The zero-order valence-corrected chi connectivity index (χ0v) is 12.5. The van der Waals surface area contributed by atoms with E-state index < -0.39 is 12.1 Å². The van der Waals surface area contributed by atoms with Crippen LogP contribution >= 0.6 is 0 Å². The smallest absolute Gasteiger partial charge is 0.407 e. The monoisotopic (exact) mass is 311 g/mol. The maximum absolute atomic E-state index is 11.4. The zero-order chi connectivity index (χ0) is 16.7. The van der Waals surface area contributed by atoms with Gasteiger partial charge >= 0.3 is 12.1 Å². The Morgan fingerprint density at radius 3 is 2.52 bits per heavy atom. The molecule has 0 spiro atoms. The number of nitrogens with one attached hydrogen (secondary N) is 1. The predicted octanol–water partition coefficient (Wildman–Crippen LogP) is 3.46. The van der Waals surface area contributed by atoms with Crippen LogP contribution in [0.3, 0.4) is 0 Å². The van der Waals surface area contributed by atoms with Gasteiger partial charge in [0, 0.05) is 6.54 Å². The number of carboxylic acids is 1. The first kappa shape index (κ1) is 16.3. The van der Waals surface area contributed by atoms with Crippen molar-refractivity contribution in [3.8, 4) is 11.1 Å². The lowest BCUT2D eigenvalue weighted by atomic mass is 10.0. The number of benzene rings is 2. The van der Waals surface area contributed by atoms with E-state index in [0.29, 0.717) is 6.54 Å². The third-order valence-corrected chi connectivity index (χ3v) is 3.14. The van der Waals surface area contributed by atoms with Crippen LogP contribution in [0.25, 0.3) is 11.1 Å². The molecule has 2 aromatic carbocycles. The summed E-state index contributed by atoms with van der Waals surface area (Å²) in [4.78, 5) is 22.5. The number of amides is 1. The fourth-order valence-corrected chi connectivity index (χ4v) is 2.05. The average molecular weight is 311 g/mol. The highest BCUT2D eigenvalue weighted by molar-refractivity contribution is 5.89. The second-order valence-corrected chi connectivity index (χ2v) is 4.83. The standard InChI is InChI=1S/C18H17NO4/c1-2-9-23-18(22)19-12-13-5-3-6-14(10-13)15-7-4-8-16(11-15)17(20)21/h2-8,10-11H,1,9,12H2,(H,19,22)(H,20,21). The molecule has 0 saturated heterocycles. The molecule has 0 aliphatic carbocycles. The first-order valence-electron chi connectivity index (χ1n) is 7.04. The van der Waals surface area contributed by atoms with E-state index in [1.807, 2.05) is 30.3 Å². The summed E-state index contributed by atoms with van der Waals surface area (Å²) < 4.78 is 4.84. The molecular weight excluding hydrogens is 294 g/mol. The Morgan fingerprint density at radius 1 is 1.13 bits per heavy atom. The van der Waals surface area contributed by atoms with E-state index >= 15 is 0 Å². The highest BCUT2D eigenvalue weighted by atomic mass is 16.5. The Bertz CT molecular complexity index is 724. The van der Waals surface area contributed by atoms with Gasteiger partial charge < -0.3 is 15.2 Å². The Morgan fingerprint density at radius 2 is 1.83 bits per heavy atom. The largest absolute Gasteiger partial charge is 0.478 e. The average Bonchev–Trinajstić information content (AvgIpc) is 2.58. The van der Waals surface area contributed by atoms with Gasteiger partial charge in [0.1, 0.15) is 6.61 Å². The van der Waals surface area contributed by atoms with Gasteiger partial charge in [-0.2, -0.15) is 0 Å². The number of aromatic carboxylic acids is 1. The van der Waals surface area contributed by atoms with Gasteiger partial charge in [-0.05, 0) is 34.9 Å².